The van der Waals surface area contributed by atoms with Crippen molar-refractivity contribution < 1.29 is 9.18 Å². The van der Waals surface area contributed by atoms with E-state index < -0.39 is 0 Å². The molecule has 4 nitrogen and oxygen atoms in total. The molecule has 0 atom stereocenters. The number of thiazole rings is 1. The molecule has 0 radical (unpaired) electrons. The zero-order chi connectivity index (χ0) is 18.0. The molecule has 25 heavy (non-hydrogen) atoms. The van der Waals surface area contributed by atoms with E-state index in [2.05, 4.69) is 23.7 Å². The number of hydrogen-bond acceptors (Lipinski definition) is 4. The largest absolute Gasteiger partial charge is 0.335 e. The first kappa shape index (κ1) is 18.0. The van der Waals surface area contributed by atoms with Crippen molar-refractivity contribution in [2.45, 2.75) is 33.2 Å². The Balaban J connectivity index is 1.67. The third-order valence-corrected chi connectivity index (χ3v) is 5.78. The number of amides is 1. The first-order valence-corrected chi connectivity index (χ1v) is 9.49. The maximum atomic E-state index is 13.0. The van der Waals surface area contributed by atoms with E-state index in [4.69, 9.17) is 0 Å². The molecule has 0 spiro atoms. The molecule has 1 amide bonds. The van der Waals surface area contributed by atoms with Crippen LogP contribution in [0.2, 0.25) is 0 Å². The number of carbonyl (C=O) groups is 1. The Morgan fingerprint density at radius 1 is 1.20 bits per heavy atom. The predicted octanol–water partition coefficient (Wildman–Crippen LogP) is 3.35. The molecule has 2 aromatic rings. The van der Waals surface area contributed by atoms with Crippen LogP contribution in [0.5, 0.6) is 0 Å². The van der Waals surface area contributed by atoms with Crippen LogP contribution in [0.1, 0.15) is 39.8 Å². The van der Waals surface area contributed by atoms with E-state index >= 15 is 0 Å². The molecule has 2 heterocycles. The van der Waals surface area contributed by atoms with Crippen molar-refractivity contribution in [1.29, 1.82) is 0 Å². The SMILES string of the molecule is Cc1nc(Cc2ccc(F)cc2)sc1C(=O)N1CCN(C(C)C)CC1. The summed E-state index contributed by atoms with van der Waals surface area (Å²) < 4.78 is 13.0. The number of rotatable bonds is 4. The minimum absolute atomic E-state index is 0.0868. The molecule has 3 rings (SSSR count). The molecular formula is C19H24FN3OS. The third-order valence-electron chi connectivity index (χ3n) is 4.64. The highest BCUT2D eigenvalue weighted by Crippen LogP contribution is 2.23. The summed E-state index contributed by atoms with van der Waals surface area (Å²) in [6.07, 6.45) is 0.625. The number of piperazine rings is 1. The highest BCUT2D eigenvalue weighted by Gasteiger charge is 2.26. The number of aromatic nitrogens is 1. The normalized spacial score (nSPS) is 15.8. The van der Waals surface area contributed by atoms with Gasteiger partial charge in [0.05, 0.1) is 10.7 Å². The Bertz CT molecular complexity index is 734. The number of carbonyl (C=O) groups excluding carboxylic acids is 1. The Morgan fingerprint density at radius 3 is 2.44 bits per heavy atom. The van der Waals surface area contributed by atoms with Gasteiger partial charge in [0.2, 0.25) is 0 Å². The van der Waals surface area contributed by atoms with Gasteiger partial charge in [0.25, 0.3) is 5.91 Å². The average molecular weight is 361 g/mol. The van der Waals surface area contributed by atoms with Gasteiger partial charge in [0, 0.05) is 38.6 Å². The summed E-state index contributed by atoms with van der Waals surface area (Å²) in [4.78, 5) is 22.4. The van der Waals surface area contributed by atoms with Crippen LogP contribution in [0.15, 0.2) is 24.3 Å². The zero-order valence-electron chi connectivity index (χ0n) is 15.0. The van der Waals surface area contributed by atoms with Crippen LogP contribution in [-0.4, -0.2) is 52.9 Å². The van der Waals surface area contributed by atoms with Crippen molar-refractivity contribution >= 4 is 17.2 Å². The number of benzene rings is 1. The van der Waals surface area contributed by atoms with Crippen LogP contribution in [0.3, 0.4) is 0 Å². The lowest BCUT2D eigenvalue weighted by Gasteiger charge is -2.36. The number of halogens is 1. The minimum atomic E-state index is -0.240. The minimum Gasteiger partial charge on any atom is -0.335 e. The summed E-state index contributed by atoms with van der Waals surface area (Å²) >= 11 is 1.46. The van der Waals surface area contributed by atoms with E-state index in [1.807, 2.05) is 11.8 Å². The fraction of sp³-hybridized carbons (Fsp3) is 0.474. The van der Waals surface area contributed by atoms with Gasteiger partial charge in [-0.1, -0.05) is 12.1 Å². The van der Waals surface area contributed by atoms with Gasteiger partial charge in [-0.3, -0.25) is 9.69 Å². The van der Waals surface area contributed by atoms with Gasteiger partial charge in [-0.15, -0.1) is 11.3 Å². The van der Waals surface area contributed by atoms with Crippen molar-refractivity contribution in [3.05, 3.63) is 51.2 Å². The first-order valence-electron chi connectivity index (χ1n) is 8.68. The second-order valence-electron chi connectivity index (χ2n) is 6.75. The summed E-state index contributed by atoms with van der Waals surface area (Å²) in [5.74, 6) is -0.153. The van der Waals surface area contributed by atoms with Crippen molar-refractivity contribution in [2.75, 3.05) is 26.2 Å². The van der Waals surface area contributed by atoms with Crippen LogP contribution >= 0.6 is 11.3 Å². The number of aryl methyl sites for hydroxylation is 1. The van der Waals surface area contributed by atoms with Gasteiger partial charge >= 0.3 is 0 Å². The van der Waals surface area contributed by atoms with Crippen molar-refractivity contribution in [3.63, 3.8) is 0 Å². The van der Waals surface area contributed by atoms with Crippen LogP contribution in [-0.2, 0) is 6.42 Å². The molecule has 1 fully saturated rings. The standard InChI is InChI=1S/C19H24FN3OS/c1-13(2)22-8-10-23(11-9-22)19(24)18-14(3)21-17(25-18)12-15-4-6-16(20)7-5-15/h4-7,13H,8-12H2,1-3H3. The third kappa shape index (κ3) is 4.25. The van der Waals surface area contributed by atoms with Crippen molar-refractivity contribution in [1.82, 2.24) is 14.8 Å². The second-order valence-corrected chi connectivity index (χ2v) is 7.83. The topological polar surface area (TPSA) is 36.4 Å². The fourth-order valence-corrected chi connectivity index (χ4v) is 4.16. The highest BCUT2D eigenvalue weighted by molar-refractivity contribution is 7.13. The predicted molar refractivity (Wildman–Crippen MR) is 98.7 cm³/mol. The molecule has 6 heteroatoms. The Morgan fingerprint density at radius 2 is 1.84 bits per heavy atom. The van der Waals surface area contributed by atoms with Crippen molar-refractivity contribution in [3.8, 4) is 0 Å². The molecular weight excluding hydrogens is 337 g/mol. The Labute approximate surface area is 152 Å². The molecule has 1 aromatic carbocycles. The molecule has 134 valence electrons. The summed E-state index contributed by atoms with van der Waals surface area (Å²) in [6.45, 7) is 9.64. The molecule has 1 saturated heterocycles. The van der Waals surface area contributed by atoms with Crippen molar-refractivity contribution in [2.24, 2.45) is 0 Å². The summed E-state index contributed by atoms with van der Waals surface area (Å²) in [7, 11) is 0. The van der Waals surface area contributed by atoms with Crippen LogP contribution in [0.4, 0.5) is 4.39 Å². The van der Waals surface area contributed by atoms with E-state index in [1.54, 1.807) is 12.1 Å². The summed E-state index contributed by atoms with van der Waals surface area (Å²) in [5.41, 5.74) is 1.79. The van der Waals surface area contributed by atoms with Gasteiger partial charge in [-0.2, -0.15) is 0 Å². The lowest BCUT2D eigenvalue weighted by atomic mass is 10.1. The van der Waals surface area contributed by atoms with E-state index in [1.165, 1.54) is 23.5 Å². The molecule has 0 aliphatic carbocycles. The van der Waals surface area contributed by atoms with Gasteiger partial charge in [-0.05, 0) is 38.5 Å². The number of hydrogen-bond donors (Lipinski definition) is 0. The Kier molecular flexibility index (Phi) is 5.49. The van der Waals surface area contributed by atoms with Crippen LogP contribution in [0, 0.1) is 12.7 Å². The maximum absolute atomic E-state index is 13.0. The monoisotopic (exact) mass is 361 g/mol. The zero-order valence-corrected chi connectivity index (χ0v) is 15.8. The second kappa shape index (κ2) is 7.62. The lowest BCUT2D eigenvalue weighted by molar-refractivity contribution is 0.0599. The number of nitrogens with zero attached hydrogens (tertiary/aromatic N) is 3. The maximum Gasteiger partial charge on any atom is 0.265 e. The Hall–Kier alpha value is -1.79. The van der Waals surface area contributed by atoms with Gasteiger partial charge in [0.1, 0.15) is 10.7 Å². The van der Waals surface area contributed by atoms with Gasteiger partial charge < -0.3 is 4.90 Å². The smallest absolute Gasteiger partial charge is 0.265 e. The fourth-order valence-electron chi connectivity index (χ4n) is 3.09. The highest BCUT2D eigenvalue weighted by atomic mass is 32.1. The lowest BCUT2D eigenvalue weighted by Crippen LogP contribution is -2.50. The van der Waals surface area contributed by atoms with E-state index in [-0.39, 0.29) is 11.7 Å². The van der Waals surface area contributed by atoms with E-state index in [9.17, 15) is 9.18 Å². The average Bonchev–Trinajstić information content (AvgIpc) is 2.96. The molecule has 0 saturated carbocycles. The van der Waals surface area contributed by atoms with E-state index in [0.29, 0.717) is 12.5 Å². The summed E-state index contributed by atoms with van der Waals surface area (Å²) in [5, 5.41) is 0.897. The van der Waals surface area contributed by atoms with Gasteiger partial charge in [0.15, 0.2) is 0 Å². The quantitative estimate of drug-likeness (QED) is 0.838. The molecule has 0 unspecified atom stereocenters. The molecule has 1 aliphatic rings. The summed E-state index contributed by atoms with van der Waals surface area (Å²) in [6, 6.07) is 6.95. The molecule has 0 bridgehead atoms. The first-order chi connectivity index (χ1) is 11.9. The molecule has 0 N–H and O–H groups in total. The molecule has 1 aromatic heterocycles. The van der Waals surface area contributed by atoms with Crippen LogP contribution < -0.4 is 0 Å². The van der Waals surface area contributed by atoms with Gasteiger partial charge in [-0.25, -0.2) is 9.37 Å². The van der Waals surface area contributed by atoms with E-state index in [0.717, 1.165) is 47.3 Å². The molecule has 1 aliphatic heterocycles. The van der Waals surface area contributed by atoms with Crippen LogP contribution in [0.25, 0.3) is 0 Å².